The second kappa shape index (κ2) is 9.77. The predicted molar refractivity (Wildman–Crippen MR) is 83.4 cm³/mol. The van der Waals surface area contributed by atoms with Crippen molar-refractivity contribution in [1.82, 2.24) is 4.90 Å². The van der Waals surface area contributed by atoms with Crippen molar-refractivity contribution in [3.05, 3.63) is 0 Å². The standard InChI is InChI=1S/C17H35NO/c1-4-6-10-16(5-2)14-18-12-9-7-8-11-17(18)13-15(3)19/h15-17,19H,4-14H2,1-3H3. The van der Waals surface area contributed by atoms with Crippen LogP contribution in [0.2, 0.25) is 0 Å². The monoisotopic (exact) mass is 269 g/mol. The number of nitrogens with zero attached hydrogens (tertiary/aromatic N) is 1. The fraction of sp³-hybridized carbons (Fsp3) is 1.00. The molecule has 1 fully saturated rings. The largest absolute Gasteiger partial charge is 0.393 e. The van der Waals surface area contributed by atoms with Crippen molar-refractivity contribution < 1.29 is 5.11 Å². The summed E-state index contributed by atoms with van der Waals surface area (Å²) in [6.45, 7) is 9.07. The summed E-state index contributed by atoms with van der Waals surface area (Å²) in [7, 11) is 0. The number of hydrogen-bond acceptors (Lipinski definition) is 2. The number of hydrogen-bond donors (Lipinski definition) is 1. The van der Waals surface area contributed by atoms with Gasteiger partial charge in [-0.15, -0.1) is 0 Å². The van der Waals surface area contributed by atoms with E-state index in [-0.39, 0.29) is 6.10 Å². The van der Waals surface area contributed by atoms with Crippen molar-refractivity contribution in [3.8, 4) is 0 Å². The minimum absolute atomic E-state index is 0.152. The molecule has 1 saturated heterocycles. The normalized spacial score (nSPS) is 24.9. The molecule has 0 aromatic heterocycles. The highest BCUT2D eigenvalue weighted by molar-refractivity contribution is 4.79. The maximum atomic E-state index is 9.72. The second-order valence-corrected chi connectivity index (χ2v) is 6.50. The molecule has 2 nitrogen and oxygen atoms in total. The third kappa shape index (κ3) is 6.76. The van der Waals surface area contributed by atoms with Gasteiger partial charge in [0.25, 0.3) is 0 Å². The molecule has 2 heteroatoms. The second-order valence-electron chi connectivity index (χ2n) is 6.50. The van der Waals surface area contributed by atoms with Crippen LogP contribution in [0, 0.1) is 5.92 Å². The molecule has 1 aliphatic rings. The summed E-state index contributed by atoms with van der Waals surface area (Å²) in [5.41, 5.74) is 0. The van der Waals surface area contributed by atoms with Crippen molar-refractivity contribution >= 4 is 0 Å². The van der Waals surface area contributed by atoms with E-state index in [1.807, 2.05) is 6.92 Å². The van der Waals surface area contributed by atoms with Gasteiger partial charge in [-0.3, -0.25) is 0 Å². The molecule has 1 rings (SSSR count). The van der Waals surface area contributed by atoms with Crippen LogP contribution in [0.15, 0.2) is 0 Å². The molecular weight excluding hydrogens is 234 g/mol. The minimum atomic E-state index is -0.152. The van der Waals surface area contributed by atoms with E-state index in [9.17, 15) is 5.11 Å². The molecule has 0 amide bonds. The first-order valence-corrected chi connectivity index (χ1v) is 8.59. The van der Waals surface area contributed by atoms with Gasteiger partial charge in [0.05, 0.1) is 6.10 Å². The van der Waals surface area contributed by atoms with Crippen LogP contribution in [-0.2, 0) is 0 Å². The average molecular weight is 269 g/mol. The molecule has 0 aliphatic carbocycles. The van der Waals surface area contributed by atoms with Crippen LogP contribution >= 0.6 is 0 Å². The van der Waals surface area contributed by atoms with Gasteiger partial charge in [0.15, 0.2) is 0 Å². The van der Waals surface area contributed by atoms with E-state index in [2.05, 4.69) is 18.7 Å². The fourth-order valence-electron chi connectivity index (χ4n) is 3.39. The molecule has 3 atom stereocenters. The van der Waals surface area contributed by atoms with Crippen LogP contribution in [0.4, 0.5) is 0 Å². The Balaban J connectivity index is 2.52. The van der Waals surface area contributed by atoms with E-state index in [0.717, 1.165) is 12.3 Å². The van der Waals surface area contributed by atoms with Crippen molar-refractivity contribution in [1.29, 1.82) is 0 Å². The molecule has 0 radical (unpaired) electrons. The van der Waals surface area contributed by atoms with Crippen molar-refractivity contribution in [3.63, 3.8) is 0 Å². The van der Waals surface area contributed by atoms with Crippen LogP contribution < -0.4 is 0 Å². The molecule has 0 saturated carbocycles. The minimum Gasteiger partial charge on any atom is -0.393 e. The summed E-state index contributed by atoms with van der Waals surface area (Å²) >= 11 is 0. The SMILES string of the molecule is CCCCC(CC)CN1CCCCCC1CC(C)O. The van der Waals surface area contributed by atoms with Crippen LogP contribution in [0.3, 0.4) is 0 Å². The van der Waals surface area contributed by atoms with Gasteiger partial charge in [0, 0.05) is 12.6 Å². The first kappa shape index (κ1) is 17.0. The van der Waals surface area contributed by atoms with Gasteiger partial charge in [-0.05, 0) is 45.1 Å². The molecule has 0 aromatic carbocycles. The summed E-state index contributed by atoms with van der Waals surface area (Å²) in [5.74, 6) is 0.856. The maximum Gasteiger partial charge on any atom is 0.0527 e. The Morgan fingerprint density at radius 3 is 2.63 bits per heavy atom. The van der Waals surface area contributed by atoms with E-state index in [1.165, 1.54) is 64.5 Å². The highest BCUT2D eigenvalue weighted by atomic mass is 16.3. The van der Waals surface area contributed by atoms with Gasteiger partial charge in [-0.2, -0.15) is 0 Å². The Hall–Kier alpha value is -0.0800. The number of likely N-dealkylation sites (tertiary alicyclic amines) is 1. The Morgan fingerprint density at radius 2 is 2.00 bits per heavy atom. The van der Waals surface area contributed by atoms with Gasteiger partial charge in [0.2, 0.25) is 0 Å². The van der Waals surface area contributed by atoms with E-state index >= 15 is 0 Å². The van der Waals surface area contributed by atoms with Crippen molar-refractivity contribution in [2.75, 3.05) is 13.1 Å². The van der Waals surface area contributed by atoms with Gasteiger partial charge in [-0.25, -0.2) is 0 Å². The van der Waals surface area contributed by atoms with Crippen LogP contribution in [0.1, 0.15) is 78.6 Å². The lowest BCUT2D eigenvalue weighted by Gasteiger charge is -2.33. The Morgan fingerprint density at radius 1 is 1.21 bits per heavy atom. The summed E-state index contributed by atoms with van der Waals surface area (Å²) in [5, 5.41) is 9.72. The Labute approximate surface area is 120 Å². The lowest BCUT2D eigenvalue weighted by Crippen LogP contribution is -2.40. The summed E-state index contributed by atoms with van der Waals surface area (Å²) in [6, 6.07) is 0.623. The Bertz CT molecular complexity index is 217. The van der Waals surface area contributed by atoms with E-state index < -0.39 is 0 Å². The lowest BCUT2D eigenvalue weighted by atomic mass is 9.96. The topological polar surface area (TPSA) is 23.5 Å². The van der Waals surface area contributed by atoms with Crippen molar-refractivity contribution in [2.24, 2.45) is 5.92 Å². The quantitative estimate of drug-likeness (QED) is 0.713. The first-order valence-electron chi connectivity index (χ1n) is 8.59. The fourth-order valence-corrected chi connectivity index (χ4v) is 3.39. The van der Waals surface area contributed by atoms with Gasteiger partial charge < -0.3 is 10.0 Å². The molecule has 1 N–H and O–H groups in total. The molecular formula is C17H35NO. The van der Waals surface area contributed by atoms with Crippen LogP contribution in [0.25, 0.3) is 0 Å². The van der Waals surface area contributed by atoms with Crippen molar-refractivity contribution in [2.45, 2.75) is 90.7 Å². The summed E-state index contributed by atoms with van der Waals surface area (Å²) < 4.78 is 0. The van der Waals surface area contributed by atoms with Gasteiger partial charge in [0.1, 0.15) is 0 Å². The maximum absolute atomic E-state index is 9.72. The summed E-state index contributed by atoms with van der Waals surface area (Å²) in [4.78, 5) is 2.70. The summed E-state index contributed by atoms with van der Waals surface area (Å²) in [6.07, 6.45) is 11.5. The molecule has 0 aromatic rings. The van der Waals surface area contributed by atoms with E-state index in [0.29, 0.717) is 6.04 Å². The highest BCUT2D eigenvalue weighted by Crippen LogP contribution is 2.24. The molecule has 1 heterocycles. The third-order valence-electron chi connectivity index (χ3n) is 4.65. The predicted octanol–water partition coefficient (Wildman–Crippen LogP) is 4.22. The molecule has 1 aliphatic heterocycles. The number of aliphatic hydroxyl groups excluding tert-OH is 1. The number of rotatable bonds is 8. The van der Waals surface area contributed by atoms with E-state index in [4.69, 9.17) is 0 Å². The lowest BCUT2D eigenvalue weighted by molar-refractivity contribution is 0.0988. The molecule has 114 valence electrons. The molecule has 0 bridgehead atoms. The molecule has 3 unspecified atom stereocenters. The van der Waals surface area contributed by atoms with Gasteiger partial charge in [-0.1, -0.05) is 46.0 Å². The number of unbranched alkanes of at least 4 members (excludes halogenated alkanes) is 1. The van der Waals surface area contributed by atoms with E-state index in [1.54, 1.807) is 0 Å². The van der Waals surface area contributed by atoms with Crippen LogP contribution in [0.5, 0.6) is 0 Å². The van der Waals surface area contributed by atoms with Gasteiger partial charge >= 0.3 is 0 Å². The number of aliphatic hydroxyl groups is 1. The zero-order valence-corrected chi connectivity index (χ0v) is 13.4. The van der Waals surface area contributed by atoms with Crippen LogP contribution in [-0.4, -0.2) is 35.2 Å². The average Bonchev–Trinajstić information content (AvgIpc) is 2.59. The zero-order valence-electron chi connectivity index (χ0n) is 13.4. The Kier molecular flexibility index (Phi) is 8.72. The zero-order chi connectivity index (χ0) is 14.1. The first-order chi connectivity index (χ1) is 9.17. The molecule has 0 spiro atoms. The third-order valence-corrected chi connectivity index (χ3v) is 4.65. The smallest absolute Gasteiger partial charge is 0.0527 e. The highest BCUT2D eigenvalue weighted by Gasteiger charge is 2.24. The molecule has 19 heavy (non-hydrogen) atoms.